The van der Waals surface area contributed by atoms with Crippen LogP contribution in [-0.4, -0.2) is 27.6 Å². The number of nitrogens with zero attached hydrogens (tertiary/aromatic N) is 3. The number of carbonyl (C=O) groups excluding carboxylic acids is 1. The van der Waals surface area contributed by atoms with E-state index in [9.17, 15) is 4.79 Å². The lowest BCUT2D eigenvalue weighted by atomic mass is 10.3. The Hall–Kier alpha value is -2.21. The fourth-order valence-corrected chi connectivity index (χ4v) is 1.22. The summed E-state index contributed by atoms with van der Waals surface area (Å²) < 4.78 is 1.75. The Morgan fingerprint density at radius 3 is 2.94 bits per heavy atom. The first-order chi connectivity index (χ1) is 7.81. The normalized spacial score (nSPS) is 10.1. The Labute approximate surface area is 91.9 Å². The lowest BCUT2D eigenvalue weighted by molar-refractivity contribution is 0.0537. The third kappa shape index (κ3) is 2.06. The van der Waals surface area contributed by atoms with Gasteiger partial charge in [-0.3, -0.25) is 14.2 Å². The largest absolute Gasteiger partial charge is 0.291 e. The van der Waals surface area contributed by atoms with Crippen LogP contribution < -0.4 is 5.48 Å². The molecule has 0 radical (unpaired) electrons. The van der Waals surface area contributed by atoms with Crippen molar-refractivity contribution in [2.24, 2.45) is 0 Å². The Kier molecular flexibility index (Phi) is 2.93. The van der Waals surface area contributed by atoms with Crippen LogP contribution in [0.5, 0.6) is 0 Å². The Morgan fingerprint density at radius 1 is 1.50 bits per heavy atom. The number of imidazole rings is 1. The summed E-state index contributed by atoms with van der Waals surface area (Å²) in [7, 11) is 1.38. The number of carbonyl (C=O) groups is 1. The van der Waals surface area contributed by atoms with Crippen LogP contribution in [0.3, 0.4) is 0 Å². The molecule has 0 bridgehead atoms. The molecule has 6 heteroatoms. The van der Waals surface area contributed by atoms with E-state index in [0.717, 1.165) is 0 Å². The summed E-state index contributed by atoms with van der Waals surface area (Å²) in [5, 5.41) is 0. The van der Waals surface area contributed by atoms with Gasteiger partial charge in [0.15, 0.2) is 0 Å². The highest BCUT2D eigenvalue weighted by Crippen LogP contribution is 2.05. The number of aromatic nitrogens is 3. The van der Waals surface area contributed by atoms with Gasteiger partial charge >= 0.3 is 0 Å². The van der Waals surface area contributed by atoms with Crippen molar-refractivity contribution in [1.29, 1.82) is 0 Å². The number of hydrogen-bond acceptors (Lipinski definition) is 4. The second-order valence-corrected chi connectivity index (χ2v) is 3.01. The average molecular weight is 218 g/mol. The molecule has 0 saturated carbocycles. The molecular weight excluding hydrogens is 208 g/mol. The summed E-state index contributed by atoms with van der Waals surface area (Å²) in [6.45, 7) is 0. The first kappa shape index (κ1) is 10.3. The van der Waals surface area contributed by atoms with Gasteiger partial charge in [0, 0.05) is 18.6 Å². The van der Waals surface area contributed by atoms with Crippen LogP contribution in [0.2, 0.25) is 0 Å². The summed E-state index contributed by atoms with van der Waals surface area (Å²) >= 11 is 0. The number of rotatable bonds is 3. The van der Waals surface area contributed by atoms with Crippen molar-refractivity contribution >= 4 is 5.91 Å². The van der Waals surface area contributed by atoms with Crippen LogP contribution in [0.25, 0.3) is 5.82 Å². The van der Waals surface area contributed by atoms with Gasteiger partial charge in [-0.1, -0.05) is 0 Å². The van der Waals surface area contributed by atoms with E-state index in [1.54, 1.807) is 35.4 Å². The zero-order chi connectivity index (χ0) is 11.4. The monoisotopic (exact) mass is 218 g/mol. The SMILES string of the molecule is CONC(=O)c1ccc(-n2ccnc2)nc1. The quantitative estimate of drug-likeness (QED) is 0.764. The van der Waals surface area contributed by atoms with Crippen molar-refractivity contribution in [3.63, 3.8) is 0 Å². The lowest BCUT2D eigenvalue weighted by Gasteiger charge is -2.03. The zero-order valence-corrected chi connectivity index (χ0v) is 8.62. The maximum Gasteiger partial charge on any atom is 0.276 e. The van der Waals surface area contributed by atoms with Gasteiger partial charge in [0.05, 0.1) is 12.7 Å². The molecule has 0 saturated heterocycles. The molecule has 2 aromatic rings. The minimum Gasteiger partial charge on any atom is -0.291 e. The van der Waals surface area contributed by atoms with Crippen molar-refractivity contribution in [2.75, 3.05) is 7.11 Å². The van der Waals surface area contributed by atoms with Gasteiger partial charge in [0.25, 0.3) is 5.91 Å². The molecular formula is C10H10N4O2. The molecule has 16 heavy (non-hydrogen) atoms. The molecule has 2 rings (SSSR count). The summed E-state index contributed by atoms with van der Waals surface area (Å²) in [4.78, 5) is 23.9. The standard InChI is InChI=1S/C10H10N4O2/c1-16-13-10(15)8-2-3-9(12-6-8)14-5-4-11-7-14/h2-7H,1H3,(H,13,15). The van der Waals surface area contributed by atoms with E-state index in [-0.39, 0.29) is 5.91 Å². The van der Waals surface area contributed by atoms with E-state index >= 15 is 0 Å². The van der Waals surface area contributed by atoms with E-state index < -0.39 is 0 Å². The number of amides is 1. The van der Waals surface area contributed by atoms with Crippen LogP contribution in [-0.2, 0) is 4.84 Å². The molecule has 1 N–H and O–H groups in total. The van der Waals surface area contributed by atoms with Crippen molar-refractivity contribution in [2.45, 2.75) is 0 Å². The lowest BCUT2D eigenvalue weighted by Crippen LogP contribution is -2.21. The van der Waals surface area contributed by atoms with E-state index in [2.05, 4.69) is 20.3 Å². The third-order valence-electron chi connectivity index (χ3n) is 1.97. The minimum absolute atomic E-state index is 0.327. The van der Waals surface area contributed by atoms with E-state index in [1.807, 2.05) is 0 Å². The highest BCUT2D eigenvalue weighted by molar-refractivity contribution is 5.93. The Balaban J connectivity index is 2.20. The van der Waals surface area contributed by atoms with Gasteiger partial charge in [-0.05, 0) is 12.1 Å². The van der Waals surface area contributed by atoms with Crippen molar-refractivity contribution in [3.8, 4) is 5.82 Å². The van der Waals surface area contributed by atoms with Crippen molar-refractivity contribution in [3.05, 3.63) is 42.6 Å². The molecule has 0 spiro atoms. The smallest absolute Gasteiger partial charge is 0.276 e. The second kappa shape index (κ2) is 4.54. The van der Waals surface area contributed by atoms with Gasteiger partial charge in [0.2, 0.25) is 0 Å². The fraction of sp³-hybridized carbons (Fsp3) is 0.100. The van der Waals surface area contributed by atoms with Crippen LogP contribution in [0.15, 0.2) is 37.1 Å². The molecule has 0 unspecified atom stereocenters. The Bertz CT molecular complexity index is 464. The first-order valence-electron chi connectivity index (χ1n) is 4.59. The first-order valence-corrected chi connectivity index (χ1v) is 4.59. The molecule has 2 aromatic heterocycles. The molecule has 0 aliphatic heterocycles. The number of nitrogens with one attached hydrogen (secondary N) is 1. The van der Waals surface area contributed by atoms with E-state index in [1.165, 1.54) is 13.3 Å². The molecule has 82 valence electrons. The van der Waals surface area contributed by atoms with Gasteiger partial charge in [-0.2, -0.15) is 0 Å². The maximum absolute atomic E-state index is 11.3. The molecule has 0 aliphatic carbocycles. The van der Waals surface area contributed by atoms with E-state index in [0.29, 0.717) is 11.4 Å². The summed E-state index contributed by atoms with van der Waals surface area (Å²) in [5.41, 5.74) is 2.65. The topological polar surface area (TPSA) is 69.0 Å². The predicted octanol–water partition coefficient (Wildman–Crippen LogP) is 0.559. The number of hydrogen-bond donors (Lipinski definition) is 1. The van der Waals surface area contributed by atoms with Gasteiger partial charge in [-0.25, -0.2) is 15.4 Å². The van der Waals surface area contributed by atoms with Crippen LogP contribution in [0.4, 0.5) is 0 Å². The zero-order valence-electron chi connectivity index (χ0n) is 8.62. The molecule has 0 aliphatic rings. The maximum atomic E-state index is 11.3. The molecule has 0 fully saturated rings. The number of hydroxylamine groups is 1. The minimum atomic E-state index is -0.327. The summed E-state index contributed by atoms with van der Waals surface area (Å²) in [6.07, 6.45) is 6.55. The van der Waals surface area contributed by atoms with Crippen LogP contribution >= 0.6 is 0 Å². The molecule has 2 heterocycles. The van der Waals surface area contributed by atoms with Gasteiger partial charge < -0.3 is 0 Å². The van der Waals surface area contributed by atoms with E-state index in [4.69, 9.17) is 0 Å². The van der Waals surface area contributed by atoms with Crippen molar-refractivity contribution < 1.29 is 9.63 Å². The van der Waals surface area contributed by atoms with Crippen LogP contribution in [0.1, 0.15) is 10.4 Å². The molecule has 0 aromatic carbocycles. The molecule has 6 nitrogen and oxygen atoms in total. The highest BCUT2D eigenvalue weighted by Gasteiger charge is 2.05. The van der Waals surface area contributed by atoms with Gasteiger partial charge in [-0.15, -0.1) is 0 Å². The summed E-state index contributed by atoms with van der Waals surface area (Å²) in [5.74, 6) is 0.374. The fourth-order valence-electron chi connectivity index (χ4n) is 1.22. The molecule has 1 amide bonds. The second-order valence-electron chi connectivity index (χ2n) is 3.01. The highest BCUT2D eigenvalue weighted by atomic mass is 16.6. The molecule has 0 atom stereocenters. The van der Waals surface area contributed by atoms with Crippen molar-refractivity contribution in [1.82, 2.24) is 20.0 Å². The van der Waals surface area contributed by atoms with Gasteiger partial charge in [0.1, 0.15) is 12.1 Å². The van der Waals surface area contributed by atoms with Crippen LogP contribution in [0, 0.1) is 0 Å². The average Bonchev–Trinajstić information content (AvgIpc) is 2.83. The number of pyridine rings is 1. The third-order valence-corrected chi connectivity index (χ3v) is 1.97. The summed E-state index contributed by atoms with van der Waals surface area (Å²) in [6, 6.07) is 3.39. The Morgan fingerprint density at radius 2 is 2.38 bits per heavy atom. The predicted molar refractivity (Wildman–Crippen MR) is 55.8 cm³/mol.